The molecule has 1 aromatic carbocycles. The highest BCUT2D eigenvalue weighted by molar-refractivity contribution is 6.20. The average Bonchev–Trinajstić information content (AvgIpc) is 3.16. The Labute approximate surface area is 162 Å². The van der Waals surface area contributed by atoms with Gasteiger partial charge in [-0.3, -0.25) is 19.3 Å². The fraction of sp³-hybridized carbons (Fsp3) is 0.474. The maximum absolute atomic E-state index is 12.5. The summed E-state index contributed by atoms with van der Waals surface area (Å²) in [4.78, 5) is 56.3. The molecule has 0 bridgehead atoms. The predicted molar refractivity (Wildman–Crippen MR) is 95.2 cm³/mol. The molecule has 2 aliphatic heterocycles. The van der Waals surface area contributed by atoms with Crippen molar-refractivity contribution in [2.45, 2.75) is 44.9 Å². The van der Waals surface area contributed by atoms with Gasteiger partial charge in [-0.25, -0.2) is 9.59 Å². The maximum Gasteiger partial charge on any atom is 0.411 e. The number of likely N-dealkylation sites (tertiary alicyclic amines) is 1. The van der Waals surface area contributed by atoms with E-state index in [1.54, 1.807) is 32.9 Å². The van der Waals surface area contributed by atoms with Crippen LogP contribution in [0.3, 0.4) is 0 Å². The van der Waals surface area contributed by atoms with Crippen LogP contribution in [0.2, 0.25) is 0 Å². The molecule has 1 saturated heterocycles. The maximum atomic E-state index is 12.5. The summed E-state index contributed by atoms with van der Waals surface area (Å²) in [6.45, 7) is 5.10. The molecule has 0 saturated carbocycles. The lowest BCUT2D eigenvalue weighted by molar-refractivity contribution is -0.146. The zero-order valence-electron chi connectivity index (χ0n) is 16.1. The van der Waals surface area contributed by atoms with Crippen LogP contribution in [-0.4, -0.2) is 65.2 Å². The van der Waals surface area contributed by atoms with Crippen LogP contribution in [0.25, 0.3) is 0 Å². The fourth-order valence-corrected chi connectivity index (χ4v) is 3.17. The first-order valence-corrected chi connectivity index (χ1v) is 8.84. The summed E-state index contributed by atoms with van der Waals surface area (Å²) in [5.74, 6) is -1.78. The summed E-state index contributed by atoms with van der Waals surface area (Å²) in [7, 11) is 1.22. The molecular weight excluding hydrogens is 368 g/mol. The predicted octanol–water partition coefficient (Wildman–Crippen LogP) is 1.77. The molecule has 0 aliphatic carbocycles. The first kappa shape index (κ1) is 19.8. The quantitative estimate of drug-likeness (QED) is 0.572. The minimum atomic E-state index is -0.931. The second kappa shape index (κ2) is 7.23. The number of fused-ring (bicyclic) bond motifs is 1. The van der Waals surface area contributed by atoms with Gasteiger partial charge in [0.25, 0.3) is 11.8 Å². The van der Waals surface area contributed by atoms with Gasteiger partial charge in [0.2, 0.25) is 0 Å². The fourth-order valence-electron chi connectivity index (χ4n) is 3.17. The number of hydrogen-bond donors (Lipinski definition) is 0. The van der Waals surface area contributed by atoms with Gasteiger partial charge in [0.1, 0.15) is 17.7 Å². The monoisotopic (exact) mass is 390 g/mol. The normalized spacial score (nSPS) is 21.7. The SMILES string of the molecule is COC(=O)[C@@H]1C[C@@H](ON2C(=O)c3ccccc3C2=O)CN1C(=O)OC(C)(C)C. The smallest absolute Gasteiger partial charge is 0.411 e. The summed E-state index contributed by atoms with van der Waals surface area (Å²) in [5.41, 5.74) is -0.253. The molecule has 0 spiro atoms. The van der Waals surface area contributed by atoms with E-state index < -0.39 is 41.6 Å². The number of hydroxylamine groups is 2. The molecular formula is C19H22N2O7. The van der Waals surface area contributed by atoms with Crippen molar-refractivity contribution in [3.05, 3.63) is 35.4 Å². The highest BCUT2D eigenvalue weighted by Crippen LogP contribution is 2.28. The molecule has 28 heavy (non-hydrogen) atoms. The lowest BCUT2D eigenvalue weighted by Crippen LogP contribution is -2.44. The lowest BCUT2D eigenvalue weighted by Gasteiger charge is -2.27. The van der Waals surface area contributed by atoms with Crippen molar-refractivity contribution in [1.29, 1.82) is 0 Å². The number of rotatable bonds is 3. The van der Waals surface area contributed by atoms with Gasteiger partial charge in [0.05, 0.1) is 24.8 Å². The molecule has 1 fully saturated rings. The zero-order chi connectivity index (χ0) is 20.6. The van der Waals surface area contributed by atoms with Crippen LogP contribution in [0.1, 0.15) is 47.9 Å². The second-order valence-electron chi connectivity index (χ2n) is 7.59. The van der Waals surface area contributed by atoms with E-state index in [4.69, 9.17) is 14.3 Å². The third-order valence-electron chi connectivity index (χ3n) is 4.38. The van der Waals surface area contributed by atoms with E-state index in [9.17, 15) is 19.2 Å². The van der Waals surface area contributed by atoms with Crippen molar-refractivity contribution < 1.29 is 33.5 Å². The molecule has 1 aromatic rings. The zero-order valence-corrected chi connectivity index (χ0v) is 16.1. The Morgan fingerprint density at radius 2 is 1.64 bits per heavy atom. The van der Waals surface area contributed by atoms with Crippen LogP contribution in [-0.2, 0) is 19.1 Å². The third-order valence-corrected chi connectivity index (χ3v) is 4.38. The first-order valence-electron chi connectivity index (χ1n) is 8.84. The molecule has 2 aliphatic rings. The van der Waals surface area contributed by atoms with Crippen LogP contribution in [0.4, 0.5) is 4.79 Å². The minimum Gasteiger partial charge on any atom is -0.467 e. The Morgan fingerprint density at radius 1 is 1.07 bits per heavy atom. The minimum absolute atomic E-state index is 0.0257. The molecule has 0 N–H and O–H groups in total. The van der Waals surface area contributed by atoms with E-state index in [-0.39, 0.29) is 24.1 Å². The number of imide groups is 1. The number of esters is 1. The molecule has 0 aromatic heterocycles. The van der Waals surface area contributed by atoms with E-state index in [0.29, 0.717) is 5.06 Å². The van der Waals surface area contributed by atoms with Crippen molar-refractivity contribution in [2.24, 2.45) is 0 Å². The van der Waals surface area contributed by atoms with Gasteiger partial charge < -0.3 is 9.47 Å². The highest BCUT2D eigenvalue weighted by atomic mass is 16.7. The van der Waals surface area contributed by atoms with Crippen LogP contribution in [0.15, 0.2) is 24.3 Å². The van der Waals surface area contributed by atoms with Gasteiger partial charge in [-0.2, -0.15) is 0 Å². The van der Waals surface area contributed by atoms with Gasteiger partial charge in [0, 0.05) is 6.42 Å². The third kappa shape index (κ3) is 3.70. The number of hydrogen-bond acceptors (Lipinski definition) is 7. The molecule has 9 nitrogen and oxygen atoms in total. The van der Waals surface area contributed by atoms with Gasteiger partial charge >= 0.3 is 12.1 Å². The molecule has 2 heterocycles. The second-order valence-corrected chi connectivity index (χ2v) is 7.59. The number of carbonyl (C=O) groups excluding carboxylic acids is 4. The molecule has 3 amide bonds. The van der Waals surface area contributed by atoms with Crippen LogP contribution in [0.5, 0.6) is 0 Å². The summed E-state index contributed by atoms with van der Waals surface area (Å²) in [6, 6.07) is 5.46. The van der Waals surface area contributed by atoms with Gasteiger partial charge in [-0.15, -0.1) is 5.06 Å². The number of amides is 3. The standard InChI is InChI=1S/C19H22N2O7/c1-19(2,3)27-18(25)20-10-11(9-14(20)17(24)26-4)28-21-15(22)12-7-5-6-8-13(12)16(21)23/h5-8,11,14H,9-10H2,1-4H3/t11-,14+/m1/s1. The van der Waals surface area contributed by atoms with E-state index in [2.05, 4.69) is 0 Å². The van der Waals surface area contributed by atoms with Crippen LogP contribution < -0.4 is 0 Å². The van der Waals surface area contributed by atoms with Crippen molar-refractivity contribution >= 4 is 23.9 Å². The number of benzene rings is 1. The van der Waals surface area contributed by atoms with E-state index >= 15 is 0 Å². The first-order chi connectivity index (χ1) is 13.1. The Bertz CT molecular complexity index is 795. The summed E-state index contributed by atoms with van der Waals surface area (Å²) >= 11 is 0. The van der Waals surface area contributed by atoms with Crippen LogP contribution in [0, 0.1) is 0 Å². The van der Waals surface area contributed by atoms with Crippen molar-refractivity contribution in [2.75, 3.05) is 13.7 Å². The lowest BCUT2D eigenvalue weighted by atomic mass is 10.1. The number of methoxy groups -OCH3 is 1. The molecule has 2 atom stereocenters. The largest absolute Gasteiger partial charge is 0.467 e. The Hall–Kier alpha value is -2.94. The van der Waals surface area contributed by atoms with E-state index in [1.165, 1.54) is 24.1 Å². The summed E-state index contributed by atoms with van der Waals surface area (Å²) in [6.07, 6.45) is -1.38. The van der Waals surface area contributed by atoms with E-state index in [0.717, 1.165) is 0 Å². The number of ether oxygens (including phenoxy) is 2. The average molecular weight is 390 g/mol. The van der Waals surface area contributed by atoms with E-state index in [1.807, 2.05) is 0 Å². The van der Waals surface area contributed by atoms with Gasteiger partial charge in [-0.05, 0) is 32.9 Å². The van der Waals surface area contributed by atoms with Crippen molar-refractivity contribution in [3.8, 4) is 0 Å². The number of nitrogens with zero attached hydrogens (tertiary/aromatic N) is 2. The Morgan fingerprint density at radius 3 is 2.14 bits per heavy atom. The topological polar surface area (TPSA) is 102 Å². The van der Waals surface area contributed by atoms with Gasteiger partial charge in [-0.1, -0.05) is 12.1 Å². The highest BCUT2D eigenvalue weighted by Gasteiger charge is 2.46. The molecule has 9 heteroatoms. The Balaban J connectivity index is 1.75. The molecule has 3 rings (SSSR count). The summed E-state index contributed by atoms with van der Waals surface area (Å²) < 4.78 is 10.1. The van der Waals surface area contributed by atoms with Crippen molar-refractivity contribution in [1.82, 2.24) is 9.96 Å². The molecule has 150 valence electrons. The summed E-state index contributed by atoms with van der Waals surface area (Å²) in [5, 5.41) is 0.683. The molecule has 0 radical (unpaired) electrons. The van der Waals surface area contributed by atoms with Crippen molar-refractivity contribution in [3.63, 3.8) is 0 Å². The van der Waals surface area contributed by atoms with Gasteiger partial charge in [0.15, 0.2) is 0 Å². The van der Waals surface area contributed by atoms with Crippen LogP contribution >= 0.6 is 0 Å². The Kier molecular flexibility index (Phi) is 5.12. The molecule has 0 unspecified atom stereocenters. The number of carbonyl (C=O) groups is 4.